The maximum Gasteiger partial charge on any atom is 0.342 e. The minimum atomic E-state index is -1.50. The van der Waals surface area contributed by atoms with Gasteiger partial charge in [-0.3, -0.25) is 4.90 Å². The van der Waals surface area contributed by atoms with Gasteiger partial charge in [0.15, 0.2) is 6.29 Å². The van der Waals surface area contributed by atoms with Crippen molar-refractivity contribution in [3.8, 4) is 0 Å². The maximum atomic E-state index is 12.5. The van der Waals surface area contributed by atoms with Gasteiger partial charge in [0.2, 0.25) is 6.29 Å². The standard InChI is InChI=1S/C21H21N.C18H22Cl4O6/c1-4-10-19(11-5-1)16-22(17-20-12-6-2-7-13-20)18-21-14-8-3-9-15-21;1-4-5-6-7-8-26-9(2)27-10(3)28-18(25)12-11(17(23)24)13(19)15(21)16(22)14(12)20/h1-15H,16-18H2;9-10H,4-8H2,1-3H3,(H,23,24). The molecular weight excluding hydrogens is 720 g/mol. The van der Waals surface area contributed by atoms with Crippen molar-refractivity contribution < 1.29 is 28.9 Å². The minimum Gasteiger partial charge on any atom is -0.478 e. The van der Waals surface area contributed by atoms with Crippen molar-refractivity contribution >= 4 is 58.3 Å². The lowest BCUT2D eigenvalue weighted by atomic mass is 10.1. The van der Waals surface area contributed by atoms with E-state index in [0.29, 0.717) is 6.61 Å². The SMILES string of the molecule is CCCCCCOC(C)OC(C)OC(=O)c1c(Cl)c(Cl)c(Cl)c(Cl)c1C(=O)O.c1ccc(CN(Cc2ccccc2)Cc2ccccc2)cc1. The van der Waals surface area contributed by atoms with E-state index in [4.69, 9.17) is 60.6 Å². The number of ether oxygens (including phenoxy) is 3. The maximum absolute atomic E-state index is 12.5. The summed E-state index contributed by atoms with van der Waals surface area (Å²) < 4.78 is 16.0. The number of halogens is 4. The van der Waals surface area contributed by atoms with E-state index in [1.54, 1.807) is 6.92 Å². The Morgan fingerprint density at radius 3 is 1.50 bits per heavy atom. The first-order valence-electron chi connectivity index (χ1n) is 16.4. The lowest BCUT2D eigenvalue weighted by molar-refractivity contribution is -0.213. The first-order valence-corrected chi connectivity index (χ1v) is 17.9. The third-order valence-corrected chi connectivity index (χ3v) is 9.24. The van der Waals surface area contributed by atoms with Crippen LogP contribution in [0.15, 0.2) is 91.0 Å². The molecule has 0 saturated carbocycles. The molecule has 1 N–H and O–H groups in total. The molecule has 0 amide bonds. The summed E-state index contributed by atoms with van der Waals surface area (Å²) in [6.45, 7) is 8.64. The van der Waals surface area contributed by atoms with E-state index in [-0.39, 0.29) is 15.1 Å². The summed E-state index contributed by atoms with van der Waals surface area (Å²) in [7, 11) is 0. The Balaban J connectivity index is 0.000000277. The van der Waals surface area contributed by atoms with Crippen LogP contribution in [-0.4, -0.2) is 41.1 Å². The van der Waals surface area contributed by atoms with Crippen LogP contribution in [0.4, 0.5) is 0 Å². The number of rotatable bonds is 17. The molecule has 2 atom stereocenters. The molecule has 7 nitrogen and oxygen atoms in total. The second kappa shape index (κ2) is 21.9. The Hall–Kier alpha value is -3.14. The molecule has 0 radical (unpaired) electrons. The Labute approximate surface area is 315 Å². The summed E-state index contributed by atoms with van der Waals surface area (Å²) in [6, 6.07) is 32.1. The van der Waals surface area contributed by atoms with Crippen LogP contribution in [0.25, 0.3) is 0 Å². The van der Waals surface area contributed by atoms with Crippen LogP contribution >= 0.6 is 46.4 Å². The molecule has 50 heavy (non-hydrogen) atoms. The number of nitrogens with zero attached hydrogens (tertiary/aromatic N) is 1. The number of aromatic carboxylic acids is 1. The van der Waals surface area contributed by atoms with Gasteiger partial charge in [-0.2, -0.15) is 0 Å². The number of carbonyl (C=O) groups is 2. The number of carbonyl (C=O) groups excluding carboxylic acids is 1. The fourth-order valence-electron chi connectivity index (χ4n) is 5.04. The highest BCUT2D eigenvalue weighted by molar-refractivity contribution is 6.54. The molecule has 2 unspecified atom stereocenters. The van der Waals surface area contributed by atoms with Gasteiger partial charge in [0.1, 0.15) is 0 Å². The van der Waals surface area contributed by atoms with Gasteiger partial charge < -0.3 is 19.3 Å². The summed E-state index contributed by atoms with van der Waals surface area (Å²) in [5.74, 6) is -2.57. The Bertz CT molecular complexity index is 1530. The van der Waals surface area contributed by atoms with Crippen LogP contribution in [0.1, 0.15) is 83.9 Å². The Kier molecular flexibility index (Phi) is 18.1. The highest BCUT2D eigenvalue weighted by Crippen LogP contribution is 2.42. The van der Waals surface area contributed by atoms with E-state index in [0.717, 1.165) is 45.3 Å². The molecule has 0 spiro atoms. The molecule has 0 aliphatic rings. The molecule has 0 aliphatic carbocycles. The molecule has 4 aromatic carbocycles. The van der Waals surface area contributed by atoms with Gasteiger partial charge in [-0.25, -0.2) is 9.59 Å². The molecule has 268 valence electrons. The predicted octanol–water partition coefficient (Wildman–Crippen LogP) is 11.3. The third-order valence-electron chi connectivity index (χ3n) is 7.44. The van der Waals surface area contributed by atoms with Crippen LogP contribution < -0.4 is 0 Å². The van der Waals surface area contributed by atoms with E-state index in [1.807, 2.05) is 0 Å². The quantitative estimate of drug-likeness (QED) is 0.0377. The van der Waals surface area contributed by atoms with Crippen molar-refractivity contribution in [3.05, 3.63) is 139 Å². The van der Waals surface area contributed by atoms with Crippen LogP contribution in [-0.2, 0) is 33.8 Å². The van der Waals surface area contributed by atoms with E-state index >= 15 is 0 Å². The van der Waals surface area contributed by atoms with E-state index in [9.17, 15) is 14.7 Å². The average Bonchev–Trinajstić information content (AvgIpc) is 3.10. The highest BCUT2D eigenvalue weighted by Gasteiger charge is 2.31. The van der Waals surface area contributed by atoms with Crippen LogP contribution in [0.3, 0.4) is 0 Å². The molecule has 11 heteroatoms. The van der Waals surface area contributed by atoms with Gasteiger partial charge in [-0.15, -0.1) is 0 Å². The van der Waals surface area contributed by atoms with E-state index < -0.39 is 40.7 Å². The van der Waals surface area contributed by atoms with Crippen LogP contribution in [0.2, 0.25) is 20.1 Å². The highest BCUT2D eigenvalue weighted by atomic mass is 35.5. The molecule has 0 bridgehead atoms. The Morgan fingerprint density at radius 2 is 1.08 bits per heavy atom. The van der Waals surface area contributed by atoms with Gasteiger partial charge in [-0.05, 0) is 37.0 Å². The zero-order valence-electron chi connectivity index (χ0n) is 28.4. The van der Waals surface area contributed by atoms with E-state index in [1.165, 1.54) is 23.6 Å². The summed E-state index contributed by atoms with van der Waals surface area (Å²) in [5.41, 5.74) is 2.97. The van der Waals surface area contributed by atoms with Crippen molar-refractivity contribution in [2.24, 2.45) is 0 Å². The molecule has 0 fully saturated rings. The largest absolute Gasteiger partial charge is 0.478 e. The zero-order valence-corrected chi connectivity index (χ0v) is 31.4. The van der Waals surface area contributed by atoms with Crippen molar-refractivity contribution in [1.82, 2.24) is 4.90 Å². The average molecular weight is 764 g/mol. The zero-order chi connectivity index (χ0) is 36.5. The normalized spacial score (nSPS) is 12.2. The van der Waals surface area contributed by atoms with Gasteiger partial charge in [0, 0.05) is 26.2 Å². The fourth-order valence-corrected chi connectivity index (χ4v) is 6.05. The summed E-state index contributed by atoms with van der Waals surface area (Å²) in [4.78, 5) is 26.5. The van der Waals surface area contributed by atoms with Crippen molar-refractivity contribution in [2.75, 3.05) is 6.61 Å². The number of benzene rings is 4. The number of carboxylic acid groups (broad SMARTS) is 1. The van der Waals surface area contributed by atoms with Crippen LogP contribution in [0, 0.1) is 0 Å². The molecule has 4 aromatic rings. The number of hydrogen-bond acceptors (Lipinski definition) is 6. The molecule has 4 rings (SSSR count). The fraction of sp³-hybridized carbons (Fsp3) is 0.333. The van der Waals surface area contributed by atoms with Gasteiger partial charge >= 0.3 is 11.9 Å². The van der Waals surface area contributed by atoms with Gasteiger partial charge in [0.25, 0.3) is 0 Å². The van der Waals surface area contributed by atoms with Crippen LogP contribution in [0.5, 0.6) is 0 Å². The summed E-state index contributed by atoms with van der Waals surface area (Å²) >= 11 is 23.7. The monoisotopic (exact) mass is 761 g/mol. The molecule has 0 heterocycles. The lowest BCUT2D eigenvalue weighted by Crippen LogP contribution is -2.26. The summed E-state index contributed by atoms with van der Waals surface area (Å²) in [5, 5.41) is 8.08. The van der Waals surface area contributed by atoms with Gasteiger partial charge in [0.05, 0.1) is 31.2 Å². The molecule has 0 saturated heterocycles. The lowest BCUT2D eigenvalue weighted by Gasteiger charge is -2.23. The molecular formula is C39H43Cl4NO6. The third kappa shape index (κ3) is 13.5. The second-order valence-corrected chi connectivity index (χ2v) is 13.0. The second-order valence-electron chi connectivity index (χ2n) is 11.5. The molecule has 0 aromatic heterocycles. The topological polar surface area (TPSA) is 85.3 Å². The Morgan fingerprint density at radius 1 is 0.640 bits per heavy atom. The van der Waals surface area contributed by atoms with Crippen molar-refractivity contribution in [3.63, 3.8) is 0 Å². The number of esters is 1. The first-order chi connectivity index (χ1) is 24.0. The molecule has 0 aliphatic heterocycles. The first kappa shape index (κ1) is 41.3. The minimum absolute atomic E-state index is 0.248. The van der Waals surface area contributed by atoms with Gasteiger partial charge in [-0.1, -0.05) is 164 Å². The smallest absolute Gasteiger partial charge is 0.342 e. The number of carboxylic acids is 1. The number of hydrogen-bond donors (Lipinski definition) is 1. The number of unbranched alkanes of at least 4 members (excludes halogenated alkanes) is 3. The van der Waals surface area contributed by atoms with E-state index in [2.05, 4.69) is 103 Å². The van der Waals surface area contributed by atoms with Crippen molar-refractivity contribution in [1.29, 1.82) is 0 Å². The predicted molar refractivity (Wildman–Crippen MR) is 201 cm³/mol. The van der Waals surface area contributed by atoms with Crippen molar-refractivity contribution in [2.45, 2.75) is 78.7 Å². The summed E-state index contributed by atoms with van der Waals surface area (Å²) in [6.07, 6.45) is 2.54.